The molecule has 0 fully saturated rings. The van der Waals surface area contributed by atoms with Crippen LogP contribution in [0.2, 0.25) is 0 Å². The predicted octanol–water partition coefficient (Wildman–Crippen LogP) is 3.87. The average molecular weight is 429 g/mol. The Kier molecular flexibility index (Phi) is 8.56. The average Bonchev–Trinajstić information content (AvgIpc) is 3.04. The van der Waals surface area contributed by atoms with Crippen LogP contribution in [0.25, 0.3) is 0 Å². The molecular formula is C24H32N2O5. The van der Waals surface area contributed by atoms with Crippen molar-refractivity contribution in [3.63, 3.8) is 0 Å². The normalized spacial score (nSPS) is 11.8. The van der Waals surface area contributed by atoms with Crippen molar-refractivity contribution in [2.24, 2.45) is 0 Å². The van der Waals surface area contributed by atoms with E-state index in [2.05, 4.69) is 4.98 Å². The fourth-order valence-electron chi connectivity index (χ4n) is 3.59. The number of hydrogen-bond donors (Lipinski definition) is 1. The number of aromatic nitrogens is 1. The first-order valence-electron chi connectivity index (χ1n) is 10.5. The summed E-state index contributed by atoms with van der Waals surface area (Å²) in [6.07, 6.45) is 0.602. The molecule has 1 amide bonds. The lowest BCUT2D eigenvalue weighted by atomic mass is 9.99. The molecule has 0 saturated carbocycles. The lowest BCUT2D eigenvalue weighted by Gasteiger charge is -2.29. The van der Waals surface area contributed by atoms with Crippen LogP contribution in [-0.4, -0.2) is 60.5 Å². The summed E-state index contributed by atoms with van der Waals surface area (Å²) in [6.45, 7) is 9.96. The van der Waals surface area contributed by atoms with Crippen molar-refractivity contribution in [2.45, 2.75) is 47.1 Å². The van der Waals surface area contributed by atoms with E-state index in [0.29, 0.717) is 42.0 Å². The first kappa shape index (κ1) is 24.3. The summed E-state index contributed by atoms with van der Waals surface area (Å²) < 4.78 is 10.2. The second-order valence-electron chi connectivity index (χ2n) is 7.60. The van der Waals surface area contributed by atoms with Gasteiger partial charge < -0.3 is 19.4 Å². The maximum Gasteiger partial charge on any atom is 0.355 e. The van der Waals surface area contributed by atoms with Gasteiger partial charge in [-0.2, -0.15) is 0 Å². The van der Waals surface area contributed by atoms with Crippen molar-refractivity contribution in [1.82, 2.24) is 9.88 Å². The lowest BCUT2D eigenvalue weighted by Crippen LogP contribution is -2.44. The van der Waals surface area contributed by atoms with Crippen LogP contribution in [0, 0.1) is 20.8 Å². The molecule has 168 valence electrons. The van der Waals surface area contributed by atoms with Crippen LogP contribution in [0.3, 0.4) is 0 Å². The number of ether oxygens (including phenoxy) is 2. The zero-order valence-electron chi connectivity index (χ0n) is 19.2. The standard InChI is InChI=1S/C24H32N2O5/c1-7-31-24(29)21-16(3)20(17(4)25-21)22(27)18(5)26(13-8-14-30-6)23(28)19-11-9-15(2)10-12-19/h9-12,18,25H,7-8,13-14H2,1-6H3. The van der Waals surface area contributed by atoms with Crippen LogP contribution in [-0.2, 0) is 9.47 Å². The molecule has 1 atom stereocenters. The maximum absolute atomic E-state index is 13.4. The molecule has 7 nitrogen and oxygen atoms in total. The topological polar surface area (TPSA) is 88.7 Å². The van der Waals surface area contributed by atoms with E-state index in [4.69, 9.17) is 9.47 Å². The molecule has 1 heterocycles. The number of esters is 1. The number of rotatable bonds is 10. The van der Waals surface area contributed by atoms with Crippen LogP contribution >= 0.6 is 0 Å². The van der Waals surface area contributed by atoms with Crippen LogP contribution < -0.4 is 0 Å². The molecule has 2 rings (SSSR count). The Morgan fingerprint density at radius 2 is 1.74 bits per heavy atom. The number of benzene rings is 1. The number of carbonyl (C=O) groups excluding carboxylic acids is 3. The van der Waals surface area contributed by atoms with Gasteiger partial charge in [-0.1, -0.05) is 17.7 Å². The highest BCUT2D eigenvalue weighted by Gasteiger charge is 2.31. The molecule has 0 aliphatic rings. The maximum atomic E-state index is 13.4. The Labute approximate surface area is 183 Å². The third-order valence-corrected chi connectivity index (χ3v) is 5.32. The van der Waals surface area contributed by atoms with E-state index in [-0.39, 0.29) is 24.0 Å². The largest absolute Gasteiger partial charge is 0.461 e. The van der Waals surface area contributed by atoms with Crippen molar-refractivity contribution >= 4 is 17.7 Å². The molecule has 0 aliphatic heterocycles. The van der Waals surface area contributed by atoms with Crippen LogP contribution in [0.1, 0.15) is 68.3 Å². The zero-order chi connectivity index (χ0) is 23.1. The predicted molar refractivity (Wildman–Crippen MR) is 119 cm³/mol. The van der Waals surface area contributed by atoms with E-state index in [0.717, 1.165) is 5.56 Å². The molecule has 0 radical (unpaired) electrons. The van der Waals surface area contributed by atoms with E-state index in [1.807, 2.05) is 19.1 Å². The number of H-pyrrole nitrogens is 1. The summed E-state index contributed by atoms with van der Waals surface area (Å²) in [6, 6.07) is 6.57. The van der Waals surface area contributed by atoms with Gasteiger partial charge in [0.2, 0.25) is 0 Å². The molecule has 1 aromatic carbocycles. The van der Waals surface area contributed by atoms with Crippen LogP contribution in [0.5, 0.6) is 0 Å². The number of methoxy groups -OCH3 is 1. The second kappa shape index (κ2) is 10.9. The molecule has 2 aromatic rings. The monoisotopic (exact) mass is 428 g/mol. The van der Waals surface area contributed by atoms with Gasteiger partial charge in [0.15, 0.2) is 5.78 Å². The molecule has 1 N–H and O–H groups in total. The summed E-state index contributed by atoms with van der Waals surface area (Å²) >= 11 is 0. The third kappa shape index (κ3) is 5.61. The molecule has 0 spiro atoms. The quantitative estimate of drug-likeness (QED) is 0.353. The number of ketones is 1. The summed E-state index contributed by atoms with van der Waals surface area (Å²) in [7, 11) is 1.60. The lowest BCUT2D eigenvalue weighted by molar-refractivity contribution is 0.0518. The summed E-state index contributed by atoms with van der Waals surface area (Å²) in [4.78, 5) is 43.4. The summed E-state index contributed by atoms with van der Waals surface area (Å²) in [5, 5.41) is 0. The summed E-state index contributed by atoms with van der Waals surface area (Å²) in [5.41, 5.74) is 3.38. The van der Waals surface area contributed by atoms with E-state index in [9.17, 15) is 14.4 Å². The highest BCUT2D eigenvalue weighted by Crippen LogP contribution is 2.23. The van der Waals surface area contributed by atoms with Gasteiger partial charge in [0.25, 0.3) is 5.91 Å². The smallest absolute Gasteiger partial charge is 0.355 e. The number of aromatic amines is 1. The fourth-order valence-corrected chi connectivity index (χ4v) is 3.59. The van der Waals surface area contributed by atoms with Gasteiger partial charge in [-0.25, -0.2) is 4.79 Å². The highest BCUT2D eigenvalue weighted by molar-refractivity contribution is 6.07. The highest BCUT2D eigenvalue weighted by atomic mass is 16.5. The Hall–Kier alpha value is -2.93. The minimum absolute atomic E-state index is 0.214. The number of hydrogen-bond acceptors (Lipinski definition) is 5. The van der Waals surface area contributed by atoms with Gasteiger partial charge in [-0.3, -0.25) is 9.59 Å². The number of aryl methyl sites for hydroxylation is 2. The molecule has 0 bridgehead atoms. The molecule has 1 aromatic heterocycles. The van der Waals surface area contributed by atoms with Gasteiger partial charge in [-0.05, 0) is 58.7 Å². The minimum Gasteiger partial charge on any atom is -0.461 e. The molecule has 7 heteroatoms. The first-order chi connectivity index (χ1) is 14.7. The van der Waals surface area contributed by atoms with Gasteiger partial charge >= 0.3 is 5.97 Å². The Morgan fingerprint density at radius 3 is 2.32 bits per heavy atom. The van der Waals surface area contributed by atoms with Crippen LogP contribution in [0.15, 0.2) is 24.3 Å². The Bertz CT molecular complexity index is 930. The van der Waals surface area contributed by atoms with E-state index in [1.54, 1.807) is 51.8 Å². The van der Waals surface area contributed by atoms with E-state index >= 15 is 0 Å². The van der Waals surface area contributed by atoms with Crippen molar-refractivity contribution in [1.29, 1.82) is 0 Å². The van der Waals surface area contributed by atoms with E-state index < -0.39 is 12.0 Å². The van der Waals surface area contributed by atoms with Gasteiger partial charge in [-0.15, -0.1) is 0 Å². The molecule has 31 heavy (non-hydrogen) atoms. The molecular weight excluding hydrogens is 396 g/mol. The minimum atomic E-state index is -0.714. The van der Waals surface area contributed by atoms with Gasteiger partial charge in [0.05, 0.1) is 12.6 Å². The molecule has 0 saturated heterocycles. The number of carbonyl (C=O) groups is 3. The number of nitrogens with zero attached hydrogens (tertiary/aromatic N) is 1. The van der Waals surface area contributed by atoms with Gasteiger partial charge in [0, 0.05) is 37.1 Å². The van der Waals surface area contributed by atoms with Crippen molar-refractivity contribution in [2.75, 3.05) is 26.9 Å². The Balaban J connectivity index is 2.36. The van der Waals surface area contributed by atoms with Crippen molar-refractivity contribution in [3.8, 4) is 0 Å². The Morgan fingerprint density at radius 1 is 1.10 bits per heavy atom. The van der Waals surface area contributed by atoms with Crippen LogP contribution in [0.4, 0.5) is 0 Å². The number of nitrogens with one attached hydrogen (secondary N) is 1. The van der Waals surface area contributed by atoms with E-state index in [1.165, 1.54) is 0 Å². The number of Topliss-reactive ketones (excluding diaryl/α,β-unsaturated/α-hetero) is 1. The molecule has 1 unspecified atom stereocenters. The second-order valence-corrected chi connectivity index (χ2v) is 7.60. The van der Waals surface area contributed by atoms with Gasteiger partial charge in [0.1, 0.15) is 5.69 Å². The number of amides is 1. The SMILES string of the molecule is CCOC(=O)c1[nH]c(C)c(C(=O)C(C)N(CCCOC)C(=O)c2ccc(C)cc2)c1C. The first-order valence-corrected chi connectivity index (χ1v) is 10.5. The molecule has 0 aliphatic carbocycles. The fraction of sp³-hybridized carbons (Fsp3) is 0.458. The summed E-state index contributed by atoms with van der Waals surface area (Å²) in [5.74, 6) is -0.935. The zero-order valence-corrected chi connectivity index (χ0v) is 19.2. The van der Waals surface area contributed by atoms with Crippen molar-refractivity contribution < 1.29 is 23.9 Å². The third-order valence-electron chi connectivity index (χ3n) is 5.32. The van der Waals surface area contributed by atoms with Crippen molar-refractivity contribution in [3.05, 3.63) is 57.9 Å².